The van der Waals surface area contributed by atoms with E-state index in [9.17, 15) is 18.0 Å². The van der Waals surface area contributed by atoms with E-state index in [1.807, 2.05) is 26.0 Å². The summed E-state index contributed by atoms with van der Waals surface area (Å²) in [4.78, 5) is 27.0. The lowest BCUT2D eigenvalue weighted by Crippen LogP contribution is -2.39. The number of methoxy groups -OCH3 is 1. The Morgan fingerprint density at radius 1 is 1.02 bits per heavy atom. The summed E-state index contributed by atoms with van der Waals surface area (Å²) in [6, 6.07) is 11.7. The number of fused-ring (bicyclic) bond motifs is 7. The molecule has 6 rings (SSSR count). The Kier molecular flexibility index (Phi) is 10.8. The zero-order valence-electron chi connectivity index (χ0n) is 32.7. The molecule has 280 valence electrons. The predicted molar refractivity (Wildman–Crippen MR) is 206 cm³/mol. The normalized spacial score (nSPS) is 20.5. The Labute approximate surface area is 306 Å². The molecule has 51 heavy (non-hydrogen) atoms. The van der Waals surface area contributed by atoms with E-state index in [2.05, 4.69) is 68.3 Å². The number of hydrogen-bond acceptors (Lipinski definition) is 5. The molecule has 2 heterocycles. The minimum Gasteiger partial charge on any atom is -0.497 e. The van der Waals surface area contributed by atoms with Gasteiger partial charge in [-0.15, -0.1) is 0 Å². The second-order valence-electron chi connectivity index (χ2n) is 17.1. The van der Waals surface area contributed by atoms with Crippen LogP contribution in [0.5, 0.6) is 5.75 Å². The van der Waals surface area contributed by atoms with E-state index in [0.29, 0.717) is 23.3 Å². The van der Waals surface area contributed by atoms with Gasteiger partial charge in [0, 0.05) is 54.6 Å². The van der Waals surface area contributed by atoms with Crippen molar-refractivity contribution in [1.82, 2.24) is 18.9 Å². The Hall–Kier alpha value is -3.37. The van der Waals surface area contributed by atoms with Crippen LogP contribution in [-0.2, 0) is 21.5 Å². The van der Waals surface area contributed by atoms with Gasteiger partial charge in [0.2, 0.25) is 5.91 Å². The fraction of sp³-hybridized carbons (Fsp3) is 0.610. The largest absolute Gasteiger partial charge is 0.497 e. The molecule has 10 heteroatoms. The summed E-state index contributed by atoms with van der Waals surface area (Å²) in [5.74, 6) is 0.527. The van der Waals surface area contributed by atoms with Crippen molar-refractivity contribution in [3.05, 3.63) is 53.1 Å². The lowest BCUT2D eigenvalue weighted by molar-refractivity contribution is -0.127. The monoisotopic (exact) mass is 720 g/mol. The van der Waals surface area contributed by atoms with Crippen molar-refractivity contribution in [1.29, 1.82) is 0 Å². The van der Waals surface area contributed by atoms with Gasteiger partial charge in [0.1, 0.15) is 5.75 Å². The SMILES string of the molecule is CCC(C)(C)C(C)(C)C.COc1ccc2c(c1)C1CC1(C(=O)NC(C)C)Cn1c-2c(C2CCCCC2)c2ccc(C(=O)NS(=O)(=O)N(C)C)cc21. The maximum atomic E-state index is 13.8. The molecule has 2 amide bonds. The van der Waals surface area contributed by atoms with Crippen molar-refractivity contribution >= 4 is 32.9 Å². The van der Waals surface area contributed by atoms with Crippen LogP contribution < -0.4 is 14.8 Å². The Morgan fingerprint density at radius 2 is 1.69 bits per heavy atom. The first-order chi connectivity index (χ1) is 23.8. The highest BCUT2D eigenvalue weighted by Gasteiger charge is 2.62. The molecule has 2 N–H and O–H groups in total. The number of amides is 2. The highest BCUT2D eigenvalue weighted by atomic mass is 32.2. The molecular weight excluding hydrogens is 661 g/mol. The fourth-order valence-electron chi connectivity index (χ4n) is 7.64. The fourth-order valence-corrected chi connectivity index (χ4v) is 8.18. The average molecular weight is 721 g/mol. The van der Waals surface area contributed by atoms with Gasteiger partial charge in [0.15, 0.2) is 0 Å². The molecule has 2 aliphatic carbocycles. The van der Waals surface area contributed by atoms with E-state index < -0.39 is 21.5 Å². The molecule has 2 aromatic carbocycles. The van der Waals surface area contributed by atoms with E-state index in [0.717, 1.165) is 57.0 Å². The van der Waals surface area contributed by atoms with Gasteiger partial charge in [-0.2, -0.15) is 12.7 Å². The average Bonchev–Trinajstić information content (AvgIpc) is 3.74. The van der Waals surface area contributed by atoms with Gasteiger partial charge in [0.05, 0.1) is 18.2 Å². The number of carbonyl (C=O) groups excluding carboxylic acids is 2. The maximum Gasteiger partial charge on any atom is 0.303 e. The van der Waals surface area contributed by atoms with E-state index in [4.69, 9.17) is 4.74 Å². The second kappa shape index (κ2) is 14.2. The van der Waals surface area contributed by atoms with Crippen LogP contribution in [0.25, 0.3) is 22.2 Å². The van der Waals surface area contributed by atoms with E-state index >= 15 is 0 Å². The number of ether oxygens (including phenoxy) is 1. The quantitative estimate of drug-likeness (QED) is 0.243. The van der Waals surface area contributed by atoms with Crippen molar-refractivity contribution in [2.24, 2.45) is 16.2 Å². The van der Waals surface area contributed by atoms with Crippen LogP contribution >= 0.6 is 0 Å². The third kappa shape index (κ3) is 7.45. The first-order valence-corrected chi connectivity index (χ1v) is 20.1. The van der Waals surface area contributed by atoms with Gasteiger partial charge in [-0.25, -0.2) is 4.72 Å². The molecule has 1 aromatic heterocycles. The van der Waals surface area contributed by atoms with Gasteiger partial charge in [-0.05, 0) is 91.3 Å². The minimum atomic E-state index is -3.95. The third-order valence-electron chi connectivity index (χ3n) is 12.3. The molecule has 2 unspecified atom stereocenters. The molecule has 3 aromatic rings. The van der Waals surface area contributed by atoms with Crippen LogP contribution in [0, 0.1) is 16.2 Å². The molecule has 2 atom stereocenters. The summed E-state index contributed by atoms with van der Waals surface area (Å²) in [5.41, 5.74) is 6.02. The number of nitrogens with one attached hydrogen (secondary N) is 2. The zero-order chi connectivity index (χ0) is 37.7. The van der Waals surface area contributed by atoms with Crippen LogP contribution in [0.2, 0.25) is 0 Å². The van der Waals surface area contributed by atoms with Crippen LogP contribution in [0.1, 0.15) is 134 Å². The summed E-state index contributed by atoms with van der Waals surface area (Å²) < 4.78 is 35.9. The molecule has 3 aliphatic rings. The minimum absolute atomic E-state index is 0.00813. The number of nitrogens with zero attached hydrogens (tertiary/aromatic N) is 2. The smallest absolute Gasteiger partial charge is 0.303 e. The molecule has 0 bridgehead atoms. The summed E-state index contributed by atoms with van der Waals surface area (Å²) >= 11 is 0. The van der Waals surface area contributed by atoms with Gasteiger partial charge < -0.3 is 14.6 Å². The van der Waals surface area contributed by atoms with Crippen molar-refractivity contribution in [3.63, 3.8) is 0 Å². The Bertz CT molecular complexity index is 1900. The second-order valence-corrected chi connectivity index (χ2v) is 19.0. The summed E-state index contributed by atoms with van der Waals surface area (Å²) in [7, 11) is 0.466. The standard InChI is InChI=1S/C32H40N4O5S.C9H20/c1-19(2)33-31(38)32-17-26(32)25-16-22(41-5)12-14-23(25)29-28(20-9-7-6-8-10-20)24-13-11-21(15-27(24)36(29)18-32)30(37)34-42(39,40)35(3)4;1-7-9(5,6)8(2,3)4/h11-16,19-20,26H,6-10,17-18H2,1-5H3,(H,33,38)(H,34,37);7H2,1-6H3. The van der Waals surface area contributed by atoms with Gasteiger partial charge in [0.25, 0.3) is 5.91 Å². The van der Waals surface area contributed by atoms with E-state index in [1.165, 1.54) is 45.3 Å². The van der Waals surface area contributed by atoms with Crippen LogP contribution in [0.4, 0.5) is 0 Å². The molecule has 2 fully saturated rings. The van der Waals surface area contributed by atoms with Crippen molar-refractivity contribution < 1.29 is 22.7 Å². The van der Waals surface area contributed by atoms with Crippen LogP contribution in [0.15, 0.2) is 36.4 Å². The molecule has 0 spiro atoms. The highest BCUT2D eigenvalue weighted by molar-refractivity contribution is 7.87. The third-order valence-corrected chi connectivity index (χ3v) is 13.7. The molecule has 0 radical (unpaired) electrons. The van der Waals surface area contributed by atoms with E-state index in [1.54, 1.807) is 19.2 Å². The van der Waals surface area contributed by atoms with Crippen LogP contribution in [-0.4, -0.2) is 56.4 Å². The van der Waals surface area contributed by atoms with Gasteiger partial charge >= 0.3 is 10.2 Å². The number of hydrogen-bond donors (Lipinski definition) is 2. The first kappa shape index (κ1) is 38.9. The predicted octanol–water partition coefficient (Wildman–Crippen LogP) is 8.38. The van der Waals surface area contributed by atoms with E-state index in [-0.39, 0.29) is 23.4 Å². The lowest BCUT2D eigenvalue weighted by atomic mass is 9.68. The molecule has 2 saturated carbocycles. The Morgan fingerprint density at radius 3 is 2.24 bits per heavy atom. The molecule has 1 aliphatic heterocycles. The maximum absolute atomic E-state index is 13.8. The van der Waals surface area contributed by atoms with Gasteiger partial charge in [-0.3, -0.25) is 9.59 Å². The number of benzene rings is 2. The zero-order valence-corrected chi connectivity index (χ0v) is 33.5. The summed E-state index contributed by atoms with van der Waals surface area (Å²) in [6.45, 7) is 18.2. The number of rotatable bonds is 8. The van der Waals surface area contributed by atoms with Crippen molar-refractivity contribution in [2.45, 2.75) is 125 Å². The first-order valence-electron chi connectivity index (χ1n) is 18.7. The highest BCUT2D eigenvalue weighted by Crippen LogP contribution is 2.65. The topological polar surface area (TPSA) is 110 Å². The number of carbonyl (C=O) groups is 2. The van der Waals surface area contributed by atoms with Crippen molar-refractivity contribution in [3.8, 4) is 17.0 Å². The van der Waals surface area contributed by atoms with Gasteiger partial charge in [-0.1, -0.05) is 73.3 Å². The summed E-state index contributed by atoms with van der Waals surface area (Å²) in [5, 5.41) is 4.24. The molecule has 0 saturated heterocycles. The number of aromatic nitrogens is 1. The Balaban J connectivity index is 0.000000496. The summed E-state index contributed by atoms with van der Waals surface area (Å²) in [6.07, 6.45) is 7.72. The van der Waals surface area contributed by atoms with Crippen molar-refractivity contribution in [2.75, 3.05) is 21.2 Å². The molecular formula is C41H60N4O5S. The molecule has 9 nitrogen and oxygen atoms in total. The lowest BCUT2D eigenvalue weighted by Gasteiger charge is -2.37. The van der Waals surface area contributed by atoms with Crippen LogP contribution in [0.3, 0.4) is 0 Å².